The minimum absolute atomic E-state index is 0.0707. The molecule has 0 spiro atoms. The highest BCUT2D eigenvalue weighted by atomic mass is 127. The molecule has 25 heavy (non-hydrogen) atoms. The number of ether oxygens (including phenoxy) is 2. The number of carbonyl (C=O) groups excluding carboxylic acids is 2. The second kappa shape index (κ2) is 7.55. The number of benzene rings is 1. The number of hydrogen-bond acceptors (Lipinski definition) is 6. The average molecular weight is 458 g/mol. The van der Waals surface area contributed by atoms with Gasteiger partial charge in [-0.05, 0) is 47.6 Å². The topological polar surface area (TPSA) is 82.8 Å². The van der Waals surface area contributed by atoms with Gasteiger partial charge >= 0.3 is 5.97 Å². The van der Waals surface area contributed by atoms with Gasteiger partial charge in [-0.3, -0.25) is 14.4 Å². The van der Waals surface area contributed by atoms with E-state index in [1.807, 2.05) is 36.4 Å². The van der Waals surface area contributed by atoms with Gasteiger partial charge in [-0.25, -0.2) is 0 Å². The number of rotatable bonds is 5. The van der Waals surface area contributed by atoms with E-state index >= 15 is 0 Å². The number of carbonyl (C=O) groups is 2. The quantitative estimate of drug-likeness (QED) is 0.385. The molecule has 0 unspecified atom stereocenters. The molecule has 7 heteroatoms. The first kappa shape index (κ1) is 19.4. The normalized spacial score (nSPS) is 12.3. The molecule has 0 radical (unpaired) electrons. The van der Waals surface area contributed by atoms with Crippen LogP contribution < -0.4 is 10.2 Å². The minimum atomic E-state index is -0.837. The zero-order valence-corrected chi connectivity index (χ0v) is 16.8. The van der Waals surface area contributed by atoms with Crippen LogP contribution in [-0.2, 0) is 9.53 Å². The number of fused-ring (bicyclic) bond motifs is 1. The van der Waals surface area contributed by atoms with Crippen molar-refractivity contribution in [3.63, 3.8) is 0 Å². The van der Waals surface area contributed by atoms with E-state index in [9.17, 15) is 14.4 Å². The third-order valence-corrected chi connectivity index (χ3v) is 4.56. The average Bonchev–Trinajstić information content (AvgIpc) is 2.52. The Hall–Kier alpha value is -1.90. The van der Waals surface area contributed by atoms with E-state index in [0.29, 0.717) is 14.9 Å². The summed E-state index contributed by atoms with van der Waals surface area (Å²) in [5, 5.41) is 0.202. The molecule has 2 aromatic rings. The molecule has 0 fully saturated rings. The molecule has 0 aliphatic rings. The summed E-state index contributed by atoms with van der Waals surface area (Å²) in [6.45, 7) is 6.19. The summed E-state index contributed by atoms with van der Waals surface area (Å²) < 4.78 is 17.2. The number of hydrogen-bond donors (Lipinski definition) is 0. The lowest BCUT2D eigenvalue weighted by atomic mass is 9.97. The van der Waals surface area contributed by atoms with Crippen LogP contribution in [0.1, 0.15) is 49.9 Å². The molecule has 0 amide bonds. The highest BCUT2D eigenvalue weighted by molar-refractivity contribution is 14.1. The van der Waals surface area contributed by atoms with Gasteiger partial charge in [-0.15, -0.1) is 0 Å². The molecule has 0 aliphatic carbocycles. The Morgan fingerprint density at radius 1 is 1.20 bits per heavy atom. The van der Waals surface area contributed by atoms with E-state index in [4.69, 9.17) is 13.9 Å². The Labute approximate surface area is 158 Å². The summed E-state index contributed by atoms with van der Waals surface area (Å²) in [5.74, 6) is -0.764. The minimum Gasteiger partial charge on any atom is -0.496 e. The van der Waals surface area contributed by atoms with Crippen molar-refractivity contribution < 1.29 is 23.5 Å². The monoisotopic (exact) mass is 458 g/mol. The molecule has 134 valence electrons. The van der Waals surface area contributed by atoms with E-state index in [1.165, 1.54) is 21.0 Å². The van der Waals surface area contributed by atoms with Crippen LogP contribution in [-0.4, -0.2) is 18.9 Å². The highest BCUT2D eigenvalue weighted by Gasteiger charge is 2.31. The van der Waals surface area contributed by atoms with Crippen LogP contribution in [0, 0.1) is 9.49 Å². The fraction of sp³-hybridized carbons (Fsp3) is 0.389. The van der Waals surface area contributed by atoms with E-state index in [-0.39, 0.29) is 22.6 Å². The molecular weight excluding hydrogens is 439 g/mol. The first-order valence-corrected chi connectivity index (χ1v) is 8.78. The van der Waals surface area contributed by atoms with Crippen LogP contribution in [0.2, 0.25) is 0 Å². The van der Waals surface area contributed by atoms with Crippen molar-refractivity contribution in [3.05, 3.63) is 37.2 Å². The largest absolute Gasteiger partial charge is 0.496 e. The maximum Gasteiger partial charge on any atom is 0.303 e. The Balaban J connectivity index is 2.95. The zero-order valence-electron chi connectivity index (χ0n) is 14.6. The molecular formula is C18H19IO6. The molecule has 6 nitrogen and oxygen atoms in total. The smallest absolute Gasteiger partial charge is 0.303 e. The number of methoxy groups -OCH3 is 1. The predicted molar refractivity (Wildman–Crippen MR) is 101 cm³/mol. The van der Waals surface area contributed by atoms with Gasteiger partial charge in [0.15, 0.2) is 23.2 Å². The number of Topliss-reactive ketones (excluding diaryl/α,β-unsaturated/α-hetero) is 1. The molecule has 0 saturated heterocycles. The number of esters is 1. The van der Waals surface area contributed by atoms with Gasteiger partial charge in [0.1, 0.15) is 16.7 Å². The molecule has 1 heterocycles. The lowest BCUT2D eigenvalue weighted by molar-refractivity contribution is -0.150. The Kier molecular flexibility index (Phi) is 5.87. The Morgan fingerprint density at radius 2 is 1.84 bits per heavy atom. The van der Waals surface area contributed by atoms with Crippen LogP contribution in [0.15, 0.2) is 21.3 Å². The first-order valence-electron chi connectivity index (χ1n) is 7.70. The Morgan fingerprint density at radius 3 is 2.32 bits per heavy atom. The van der Waals surface area contributed by atoms with Crippen molar-refractivity contribution in [2.75, 3.05) is 7.11 Å². The molecule has 1 aromatic carbocycles. The fourth-order valence-electron chi connectivity index (χ4n) is 2.63. The third-order valence-electron chi connectivity index (χ3n) is 3.71. The first-order chi connectivity index (χ1) is 11.7. The molecule has 2 rings (SSSR count). The van der Waals surface area contributed by atoms with Crippen molar-refractivity contribution in [3.8, 4) is 5.75 Å². The van der Waals surface area contributed by atoms with Gasteiger partial charge in [0.2, 0.25) is 5.43 Å². The van der Waals surface area contributed by atoms with E-state index in [1.54, 1.807) is 12.1 Å². The molecule has 1 atom stereocenters. The summed E-state index contributed by atoms with van der Waals surface area (Å²) in [6.07, 6.45) is -0.837. The standard InChI is InChI=1S/C18H19IO6/c1-8(2)16(24-10(4)21)18-13(9(3)20)15(22)14-12(23-5)7-6-11(19)17(14)25-18/h6-8,16H,1-5H3/t16-/m0/s1. The second-order valence-corrected chi connectivity index (χ2v) is 7.12. The summed E-state index contributed by atoms with van der Waals surface area (Å²) in [6, 6.07) is 3.40. The van der Waals surface area contributed by atoms with Crippen molar-refractivity contribution in [2.24, 2.45) is 5.92 Å². The van der Waals surface area contributed by atoms with Crippen molar-refractivity contribution in [2.45, 2.75) is 33.8 Å². The third kappa shape index (κ3) is 3.70. The lowest BCUT2D eigenvalue weighted by Gasteiger charge is -2.22. The summed E-state index contributed by atoms with van der Waals surface area (Å²) in [7, 11) is 1.44. The SMILES string of the molecule is COc1ccc(I)c2oc([C@@H](OC(C)=O)C(C)C)c(C(C)=O)c(=O)c12. The molecule has 0 bridgehead atoms. The van der Waals surface area contributed by atoms with Crippen LogP contribution >= 0.6 is 22.6 Å². The molecule has 0 N–H and O–H groups in total. The van der Waals surface area contributed by atoms with E-state index in [2.05, 4.69) is 0 Å². The van der Waals surface area contributed by atoms with Crippen molar-refractivity contribution in [1.29, 1.82) is 0 Å². The van der Waals surface area contributed by atoms with Gasteiger partial charge in [0.05, 0.1) is 10.7 Å². The van der Waals surface area contributed by atoms with Gasteiger partial charge in [0.25, 0.3) is 0 Å². The predicted octanol–water partition coefficient (Wildman–Crippen LogP) is 3.87. The fourth-order valence-corrected chi connectivity index (χ4v) is 3.19. The number of halogens is 1. The van der Waals surface area contributed by atoms with E-state index < -0.39 is 23.3 Å². The van der Waals surface area contributed by atoms with Gasteiger partial charge in [0, 0.05) is 6.92 Å². The summed E-state index contributed by atoms with van der Waals surface area (Å²) in [5.41, 5.74) is -0.299. The lowest BCUT2D eigenvalue weighted by Crippen LogP contribution is -2.23. The maximum atomic E-state index is 13.0. The second-order valence-electron chi connectivity index (χ2n) is 5.95. The summed E-state index contributed by atoms with van der Waals surface area (Å²) >= 11 is 2.04. The van der Waals surface area contributed by atoms with Crippen molar-refractivity contribution >= 4 is 45.3 Å². The van der Waals surface area contributed by atoms with Crippen LogP contribution in [0.3, 0.4) is 0 Å². The molecule has 1 aromatic heterocycles. The van der Waals surface area contributed by atoms with Gasteiger partial charge in [-0.1, -0.05) is 13.8 Å². The van der Waals surface area contributed by atoms with Crippen LogP contribution in [0.25, 0.3) is 11.0 Å². The number of ketones is 1. The van der Waals surface area contributed by atoms with Crippen molar-refractivity contribution in [1.82, 2.24) is 0 Å². The maximum absolute atomic E-state index is 13.0. The van der Waals surface area contributed by atoms with Crippen LogP contribution in [0.4, 0.5) is 0 Å². The van der Waals surface area contributed by atoms with E-state index in [0.717, 1.165) is 0 Å². The van der Waals surface area contributed by atoms with Gasteiger partial charge < -0.3 is 13.9 Å². The van der Waals surface area contributed by atoms with Gasteiger partial charge in [-0.2, -0.15) is 0 Å². The summed E-state index contributed by atoms with van der Waals surface area (Å²) in [4.78, 5) is 36.7. The van der Waals surface area contributed by atoms with Crippen LogP contribution in [0.5, 0.6) is 5.75 Å². The Bertz CT molecular complexity index is 897. The molecule has 0 saturated carbocycles. The zero-order chi connectivity index (χ0) is 18.9. The molecule has 0 aliphatic heterocycles. The highest BCUT2D eigenvalue weighted by Crippen LogP contribution is 2.34.